The maximum absolute atomic E-state index is 12.3. The van der Waals surface area contributed by atoms with Crippen LogP contribution in [-0.2, 0) is 9.59 Å². The molecule has 0 saturated heterocycles. The van der Waals surface area contributed by atoms with Crippen LogP contribution in [0.25, 0.3) is 0 Å². The maximum Gasteiger partial charge on any atom is 0.307 e. The number of hydrogen-bond donors (Lipinski definition) is 2. The van der Waals surface area contributed by atoms with E-state index in [0.29, 0.717) is 18.7 Å². The number of carboxylic acid groups (broad SMARTS) is 1. The van der Waals surface area contributed by atoms with Crippen LogP contribution in [0.3, 0.4) is 0 Å². The summed E-state index contributed by atoms with van der Waals surface area (Å²) < 4.78 is 0.839. The van der Waals surface area contributed by atoms with Gasteiger partial charge in [0.15, 0.2) is 0 Å². The fourth-order valence-corrected chi connectivity index (χ4v) is 3.18. The number of rotatable bonds is 3. The zero-order valence-corrected chi connectivity index (χ0v) is 13.0. The number of anilines is 1. The number of hydrogen-bond acceptors (Lipinski definition) is 3. The second-order valence-electron chi connectivity index (χ2n) is 5.44. The Kier molecular flexibility index (Phi) is 4.42. The summed E-state index contributed by atoms with van der Waals surface area (Å²) in [5.41, 5.74) is 0.839. The highest BCUT2D eigenvalue weighted by Crippen LogP contribution is 2.37. The first kappa shape index (κ1) is 15.0. The van der Waals surface area contributed by atoms with Crippen LogP contribution in [0.2, 0.25) is 0 Å². The van der Waals surface area contributed by atoms with E-state index >= 15 is 0 Å². The molecule has 2 rings (SSSR count). The molecule has 1 aliphatic carbocycles. The molecule has 6 heteroatoms. The van der Waals surface area contributed by atoms with Gasteiger partial charge in [-0.2, -0.15) is 0 Å². The highest BCUT2D eigenvalue weighted by molar-refractivity contribution is 9.10. The van der Waals surface area contributed by atoms with Crippen molar-refractivity contribution in [1.82, 2.24) is 4.98 Å². The topological polar surface area (TPSA) is 79.3 Å². The van der Waals surface area contributed by atoms with Gasteiger partial charge in [0.05, 0.1) is 11.8 Å². The molecule has 0 spiro atoms. The number of pyridine rings is 1. The molecule has 1 aliphatic rings. The lowest BCUT2D eigenvalue weighted by molar-refractivity contribution is -0.145. The molecule has 1 aromatic rings. The summed E-state index contributed by atoms with van der Waals surface area (Å²) in [6.07, 6.45) is 2.77. The average molecular weight is 341 g/mol. The van der Waals surface area contributed by atoms with E-state index < -0.39 is 17.8 Å². The second-order valence-corrected chi connectivity index (χ2v) is 6.35. The van der Waals surface area contributed by atoms with Gasteiger partial charge in [0, 0.05) is 10.7 Å². The van der Waals surface area contributed by atoms with Crippen LogP contribution in [0.15, 0.2) is 16.7 Å². The van der Waals surface area contributed by atoms with E-state index in [9.17, 15) is 14.7 Å². The summed E-state index contributed by atoms with van der Waals surface area (Å²) in [6.45, 7) is 3.83. The van der Waals surface area contributed by atoms with Crippen molar-refractivity contribution in [2.75, 3.05) is 5.32 Å². The first-order chi connectivity index (χ1) is 9.38. The smallest absolute Gasteiger partial charge is 0.307 e. The zero-order valence-electron chi connectivity index (χ0n) is 11.4. The van der Waals surface area contributed by atoms with Gasteiger partial charge in [0.25, 0.3) is 0 Å². The molecule has 1 amide bonds. The molecule has 0 aromatic carbocycles. The van der Waals surface area contributed by atoms with Crippen molar-refractivity contribution in [2.24, 2.45) is 17.8 Å². The first-order valence-electron chi connectivity index (χ1n) is 6.54. The molecule has 0 radical (unpaired) electrons. The minimum atomic E-state index is -0.894. The fourth-order valence-electron chi connectivity index (χ4n) is 2.74. The van der Waals surface area contributed by atoms with Crippen LogP contribution < -0.4 is 5.32 Å². The first-order valence-corrected chi connectivity index (χ1v) is 7.33. The Morgan fingerprint density at radius 1 is 1.40 bits per heavy atom. The van der Waals surface area contributed by atoms with E-state index in [0.717, 1.165) is 10.0 Å². The van der Waals surface area contributed by atoms with Gasteiger partial charge in [-0.3, -0.25) is 9.59 Å². The number of aryl methyl sites for hydroxylation is 1. The predicted molar refractivity (Wildman–Crippen MR) is 78.3 cm³/mol. The number of carboxylic acids is 1. The lowest BCUT2D eigenvalue weighted by atomic mass is 9.95. The lowest BCUT2D eigenvalue weighted by Crippen LogP contribution is -2.30. The number of nitrogens with zero attached hydrogens (tertiary/aromatic N) is 1. The summed E-state index contributed by atoms with van der Waals surface area (Å²) >= 11 is 3.31. The Labute approximate surface area is 125 Å². The molecule has 108 valence electrons. The molecule has 1 heterocycles. The quantitative estimate of drug-likeness (QED) is 0.886. The van der Waals surface area contributed by atoms with Crippen LogP contribution in [-0.4, -0.2) is 22.0 Å². The van der Waals surface area contributed by atoms with Crippen molar-refractivity contribution >= 4 is 33.6 Å². The normalized spacial score (nSPS) is 25.4. The van der Waals surface area contributed by atoms with Gasteiger partial charge in [0.2, 0.25) is 5.91 Å². The van der Waals surface area contributed by atoms with E-state index in [4.69, 9.17) is 0 Å². The molecule has 5 nitrogen and oxygen atoms in total. The maximum atomic E-state index is 12.3. The number of carbonyl (C=O) groups excluding carboxylic acids is 1. The van der Waals surface area contributed by atoms with Crippen LogP contribution in [0.5, 0.6) is 0 Å². The molecule has 2 N–H and O–H groups in total. The Morgan fingerprint density at radius 2 is 2.05 bits per heavy atom. The van der Waals surface area contributed by atoms with Crippen LogP contribution in [0.1, 0.15) is 25.3 Å². The molecular weight excluding hydrogens is 324 g/mol. The molecule has 1 saturated carbocycles. The van der Waals surface area contributed by atoms with Crippen molar-refractivity contribution in [1.29, 1.82) is 0 Å². The van der Waals surface area contributed by atoms with Crippen LogP contribution in [0, 0.1) is 24.7 Å². The summed E-state index contributed by atoms with van der Waals surface area (Å²) in [4.78, 5) is 27.7. The molecule has 1 aromatic heterocycles. The molecule has 0 aliphatic heterocycles. The number of halogens is 1. The average Bonchev–Trinajstić information content (AvgIpc) is 2.75. The zero-order chi connectivity index (χ0) is 14.9. The summed E-state index contributed by atoms with van der Waals surface area (Å²) in [5.74, 6) is -1.48. The lowest BCUT2D eigenvalue weighted by Gasteiger charge is -2.16. The Bertz CT molecular complexity index is 547. The van der Waals surface area contributed by atoms with Gasteiger partial charge >= 0.3 is 5.97 Å². The van der Waals surface area contributed by atoms with Crippen LogP contribution >= 0.6 is 15.9 Å². The SMILES string of the molecule is Cc1cc(Br)cnc1NC(=O)C1CC(C)CC1C(=O)O. The minimum Gasteiger partial charge on any atom is -0.481 e. The van der Waals surface area contributed by atoms with Gasteiger partial charge in [-0.1, -0.05) is 6.92 Å². The number of aliphatic carboxylic acids is 1. The van der Waals surface area contributed by atoms with Crippen molar-refractivity contribution in [3.63, 3.8) is 0 Å². The number of aromatic nitrogens is 1. The molecule has 3 atom stereocenters. The largest absolute Gasteiger partial charge is 0.481 e. The number of nitrogens with one attached hydrogen (secondary N) is 1. The van der Waals surface area contributed by atoms with Crippen molar-refractivity contribution in [2.45, 2.75) is 26.7 Å². The third-order valence-corrected chi connectivity index (χ3v) is 4.17. The molecule has 3 unspecified atom stereocenters. The summed E-state index contributed by atoms with van der Waals surface area (Å²) in [5, 5.41) is 12.0. The Hall–Kier alpha value is -1.43. The number of amides is 1. The Morgan fingerprint density at radius 3 is 2.65 bits per heavy atom. The number of carbonyl (C=O) groups is 2. The van der Waals surface area contributed by atoms with Gasteiger partial charge in [-0.05, 0) is 53.2 Å². The monoisotopic (exact) mass is 340 g/mol. The molecule has 1 fully saturated rings. The van der Waals surface area contributed by atoms with E-state index in [1.807, 2.05) is 19.9 Å². The Balaban J connectivity index is 2.13. The molecule has 20 heavy (non-hydrogen) atoms. The third kappa shape index (κ3) is 3.17. The predicted octanol–water partition coefficient (Wildman–Crippen LogP) is 2.84. The second kappa shape index (κ2) is 5.91. The van der Waals surface area contributed by atoms with Crippen LogP contribution in [0.4, 0.5) is 5.82 Å². The molecule has 0 bridgehead atoms. The summed E-state index contributed by atoms with van der Waals surface area (Å²) in [7, 11) is 0. The summed E-state index contributed by atoms with van der Waals surface area (Å²) in [6, 6.07) is 1.86. The van der Waals surface area contributed by atoms with Gasteiger partial charge in [0.1, 0.15) is 5.82 Å². The fraction of sp³-hybridized carbons (Fsp3) is 0.500. The van der Waals surface area contributed by atoms with Gasteiger partial charge in [-0.25, -0.2) is 4.98 Å². The van der Waals surface area contributed by atoms with Gasteiger partial charge < -0.3 is 10.4 Å². The van der Waals surface area contributed by atoms with E-state index in [2.05, 4.69) is 26.2 Å². The van der Waals surface area contributed by atoms with Crippen molar-refractivity contribution < 1.29 is 14.7 Å². The third-order valence-electron chi connectivity index (χ3n) is 3.74. The minimum absolute atomic E-state index is 0.250. The molecular formula is C14H17BrN2O3. The van der Waals surface area contributed by atoms with Crippen molar-refractivity contribution in [3.8, 4) is 0 Å². The standard InChI is InChI=1S/C14H17BrN2O3/c1-7-3-10(11(4-7)14(19)20)13(18)17-12-8(2)5-9(15)6-16-12/h5-7,10-11H,3-4H2,1-2H3,(H,19,20)(H,16,17,18). The highest BCUT2D eigenvalue weighted by Gasteiger charge is 2.41. The van der Waals surface area contributed by atoms with Crippen molar-refractivity contribution in [3.05, 3.63) is 22.3 Å². The van der Waals surface area contributed by atoms with E-state index in [-0.39, 0.29) is 11.8 Å². The van der Waals surface area contributed by atoms with E-state index in [1.165, 1.54) is 0 Å². The van der Waals surface area contributed by atoms with E-state index in [1.54, 1.807) is 6.20 Å². The highest BCUT2D eigenvalue weighted by atomic mass is 79.9. The van der Waals surface area contributed by atoms with Gasteiger partial charge in [-0.15, -0.1) is 0 Å².